The molecule has 0 unspecified atom stereocenters. The predicted molar refractivity (Wildman–Crippen MR) is 89.0 cm³/mol. The first-order valence-electron chi connectivity index (χ1n) is 7.01. The molecule has 2 aromatic rings. The summed E-state index contributed by atoms with van der Waals surface area (Å²) in [6.45, 7) is 8.56. The molecule has 2 rings (SSSR count). The monoisotopic (exact) mass is 299 g/mol. The van der Waals surface area contributed by atoms with E-state index < -0.39 is 8.32 Å². The van der Waals surface area contributed by atoms with Gasteiger partial charge in [0.15, 0.2) is 0 Å². The van der Waals surface area contributed by atoms with Crippen LogP contribution in [0.15, 0.2) is 41.8 Å². The third-order valence-corrected chi connectivity index (χ3v) is 3.51. The largest absolute Gasteiger partial charge is 0.543 e. The summed E-state index contributed by atoms with van der Waals surface area (Å²) in [7, 11) is -1.65. The lowest BCUT2D eigenvalue weighted by Crippen LogP contribution is -2.29. The van der Waals surface area contributed by atoms with E-state index in [0.717, 1.165) is 17.1 Å². The van der Waals surface area contributed by atoms with E-state index in [1.807, 2.05) is 18.3 Å². The van der Waals surface area contributed by atoms with Gasteiger partial charge in [-0.1, -0.05) is 6.07 Å². The van der Waals surface area contributed by atoms with Crippen LogP contribution in [0, 0.1) is 6.92 Å². The molecule has 0 bridgehead atoms. The van der Waals surface area contributed by atoms with E-state index in [9.17, 15) is 0 Å². The molecule has 1 aromatic heterocycles. The number of benzene rings is 1. The minimum atomic E-state index is -1.65. The van der Waals surface area contributed by atoms with Crippen molar-refractivity contribution in [2.45, 2.75) is 33.0 Å². The number of aryl methyl sites for hydroxylation is 1. The Morgan fingerprint density at radius 2 is 2.05 bits per heavy atom. The number of aliphatic imine (C=N–C) groups is 1. The fourth-order valence-electron chi connectivity index (χ4n) is 1.82. The van der Waals surface area contributed by atoms with Crippen molar-refractivity contribution in [3.63, 3.8) is 0 Å². The Labute approximate surface area is 127 Å². The molecule has 4 nitrogen and oxygen atoms in total. The Bertz CT molecular complexity index is 621. The fraction of sp³-hybridized carbons (Fsp3) is 0.312. The van der Waals surface area contributed by atoms with Crippen molar-refractivity contribution in [3.8, 4) is 5.75 Å². The minimum Gasteiger partial charge on any atom is -0.543 e. The smallest absolute Gasteiger partial charge is 0.242 e. The number of aromatic nitrogens is 2. The highest BCUT2D eigenvalue weighted by molar-refractivity contribution is 6.70. The topological polar surface area (TPSA) is 47.4 Å². The molecule has 0 spiro atoms. The summed E-state index contributed by atoms with van der Waals surface area (Å²) < 4.78 is 6.09. The highest BCUT2D eigenvalue weighted by Crippen LogP contribution is 2.30. The second-order valence-corrected chi connectivity index (χ2v) is 10.3. The lowest BCUT2D eigenvalue weighted by atomic mass is 10.2. The van der Waals surface area contributed by atoms with Gasteiger partial charge in [-0.05, 0) is 44.3 Å². The van der Waals surface area contributed by atoms with Crippen molar-refractivity contribution in [3.05, 3.63) is 48.0 Å². The van der Waals surface area contributed by atoms with E-state index >= 15 is 0 Å². The molecule has 110 valence electrons. The zero-order chi connectivity index (χ0) is 15.3. The van der Waals surface area contributed by atoms with Gasteiger partial charge in [0.25, 0.3) is 0 Å². The van der Waals surface area contributed by atoms with E-state index in [2.05, 4.69) is 47.6 Å². The Morgan fingerprint density at radius 3 is 2.71 bits per heavy atom. The molecule has 0 amide bonds. The quantitative estimate of drug-likeness (QED) is 0.620. The maximum atomic E-state index is 6.09. The number of hydrogen-bond acceptors (Lipinski definition) is 4. The van der Waals surface area contributed by atoms with Crippen LogP contribution in [0.5, 0.6) is 5.75 Å². The molecular formula is C16H21N3OSi. The first-order chi connectivity index (χ1) is 9.94. The zero-order valence-corrected chi connectivity index (χ0v) is 14.0. The molecule has 0 saturated carbocycles. The van der Waals surface area contributed by atoms with Crippen LogP contribution < -0.4 is 4.43 Å². The molecule has 1 aromatic carbocycles. The Kier molecular flexibility index (Phi) is 4.85. The SMILES string of the molecule is Cc1ccc(O[Si](C)(C)C)c(N=CCc2cnccn2)c1. The van der Waals surface area contributed by atoms with E-state index in [1.165, 1.54) is 5.56 Å². The molecule has 0 saturated heterocycles. The van der Waals surface area contributed by atoms with Gasteiger partial charge < -0.3 is 4.43 Å². The van der Waals surface area contributed by atoms with Crippen LogP contribution >= 0.6 is 0 Å². The normalized spacial score (nSPS) is 11.8. The van der Waals surface area contributed by atoms with Crippen LogP contribution in [0.4, 0.5) is 5.69 Å². The lowest BCUT2D eigenvalue weighted by molar-refractivity contribution is 0.559. The highest BCUT2D eigenvalue weighted by Gasteiger charge is 2.18. The van der Waals surface area contributed by atoms with Gasteiger partial charge in [0.1, 0.15) is 11.4 Å². The Hall–Kier alpha value is -2.01. The number of rotatable bonds is 5. The molecule has 0 aliphatic heterocycles. The molecule has 1 heterocycles. The summed E-state index contributed by atoms with van der Waals surface area (Å²) in [6.07, 6.45) is 7.63. The average molecular weight is 299 g/mol. The summed E-state index contributed by atoms with van der Waals surface area (Å²) in [6, 6.07) is 6.10. The summed E-state index contributed by atoms with van der Waals surface area (Å²) in [5.41, 5.74) is 2.95. The third kappa shape index (κ3) is 5.11. The molecule has 0 N–H and O–H groups in total. The Balaban J connectivity index is 2.16. The maximum Gasteiger partial charge on any atom is 0.242 e. The zero-order valence-electron chi connectivity index (χ0n) is 13.0. The molecule has 5 heteroatoms. The summed E-state index contributed by atoms with van der Waals surface area (Å²) >= 11 is 0. The molecule has 0 fully saturated rings. The summed E-state index contributed by atoms with van der Waals surface area (Å²) in [5.74, 6) is 0.857. The third-order valence-electron chi connectivity index (χ3n) is 2.68. The van der Waals surface area contributed by atoms with E-state index in [-0.39, 0.29) is 0 Å². The van der Waals surface area contributed by atoms with Gasteiger partial charge in [0.2, 0.25) is 8.32 Å². The van der Waals surface area contributed by atoms with Gasteiger partial charge in [-0.25, -0.2) is 0 Å². The van der Waals surface area contributed by atoms with Crippen molar-refractivity contribution in [2.75, 3.05) is 0 Å². The maximum absolute atomic E-state index is 6.09. The molecule has 0 aliphatic rings. The van der Waals surface area contributed by atoms with Crippen LogP contribution in [0.1, 0.15) is 11.3 Å². The number of hydrogen-bond donors (Lipinski definition) is 0. The Morgan fingerprint density at radius 1 is 1.24 bits per heavy atom. The van der Waals surface area contributed by atoms with Crippen LogP contribution in [-0.2, 0) is 6.42 Å². The molecule has 0 aliphatic carbocycles. The van der Waals surface area contributed by atoms with E-state index in [1.54, 1.807) is 18.6 Å². The highest BCUT2D eigenvalue weighted by atomic mass is 28.4. The van der Waals surface area contributed by atoms with Crippen molar-refractivity contribution in [1.82, 2.24) is 9.97 Å². The van der Waals surface area contributed by atoms with Crippen molar-refractivity contribution in [1.29, 1.82) is 0 Å². The summed E-state index contributed by atoms with van der Waals surface area (Å²) in [4.78, 5) is 12.8. The molecule has 0 radical (unpaired) electrons. The average Bonchev–Trinajstić information content (AvgIpc) is 2.42. The molecule has 0 atom stereocenters. The van der Waals surface area contributed by atoms with Crippen molar-refractivity contribution in [2.24, 2.45) is 4.99 Å². The van der Waals surface area contributed by atoms with Gasteiger partial charge in [0, 0.05) is 31.2 Å². The van der Waals surface area contributed by atoms with Crippen LogP contribution in [0.2, 0.25) is 19.6 Å². The van der Waals surface area contributed by atoms with Crippen LogP contribution in [0.25, 0.3) is 0 Å². The minimum absolute atomic E-state index is 0.661. The van der Waals surface area contributed by atoms with Gasteiger partial charge >= 0.3 is 0 Å². The molecular weight excluding hydrogens is 278 g/mol. The van der Waals surface area contributed by atoms with E-state index in [0.29, 0.717) is 6.42 Å². The van der Waals surface area contributed by atoms with E-state index in [4.69, 9.17) is 4.43 Å². The van der Waals surface area contributed by atoms with Gasteiger partial charge in [-0.2, -0.15) is 0 Å². The first kappa shape index (κ1) is 15.4. The lowest BCUT2D eigenvalue weighted by Gasteiger charge is -2.20. The standard InChI is InChI=1S/C16H21N3OSi/c1-13-5-6-16(20-21(2,3)4)15(11-13)19-8-7-14-12-17-9-10-18-14/h5-6,8-12H,7H2,1-4H3. The van der Waals surface area contributed by atoms with Gasteiger partial charge in [-0.15, -0.1) is 0 Å². The summed E-state index contributed by atoms with van der Waals surface area (Å²) in [5, 5.41) is 0. The van der Waals surface area contributed by atoms with Gasteiger partial charge in [-0.3, -0.25) is 15.0 Å². The molecule has 21 heavy (non-hydrogen) atoms. The first-order valence-corrected chi connectivity index (χ1v) is 10.4. The number of nitrogens with zero attached hydrogens (tertiary/aromatic N) is 3. The van der Waals surface area contributed by atoms with Crippen LogP contribution in [0.3, 0.4) is 0 Å². The van der Waals surface area contributed by atoms with Crippen molar-refractivity contribution < 1.29 is 4.43 Å². The second kappa shape index (κ2) is 6.63. The predicted octanol–water partition coefficient (Wildman–Crippen LogP) is 3.94. The fourth-order valence-corrected chi connectivity index (χ4v) is 2.65. The second-order valence-electron chi connectivity index (χ2n) is 5.90. The van der Waals surface area contributed by atoms with Crippen LogP contribution in [-0.4, -0.2) is 24.5 Å². The van der Waals surface area contributed by atoms with Crippen molar-refractivity contribution >= 4 is 20.2 Å². The van der Waals surface area contributed by atoms with Gasteiger partial charge in [0.05, 0.1) is 5.69 Å².